The highest BCUT2D eigenvalue weighted by Crippen LogP contribution is 2.25. The number of anilines is 2. The standard InChI is InChI=1S/C15H13BrClFN2O/c1-9-5-6-10(17)7-13(9)20-14(21)8-19-15-11(16)3-2-4-12(15)18/h2-7,19H,8H2,1H3,(H,20,21). The van der Waals surface area contributed by atoms with Crippen LogP contribution >= 0.6 is 27.5 Å². The second-order valence-corrected chi connectivity index (χ2v) is 5.75. The fraction of sp³-hybridized carbons (Fsp3) is 0.133. The second kappa shape index (κ2) is 6.91. The van der Waals surface area contributed by atoms with Crippen LogP contribution in [0.1, 0.15) is 5.56 Å². The summed E-state index contributed by atoms with van der Waals surface area (Å²) in [5.41, 5.74) is 1.80. The molecule has 6 heteroatoms. The number of amides is 1. The van der Waals surface area contributed by atoms with Gasteiger partial charge < -0.3 is 10.6 Å². The van der Waals surface area contributed by atoms with Crippen LogP contribution in [-0.4, -0.2) is 12.5 Å². The molecule has 0 radical (unpaired) electrons. The highest BCUT2D eigenvalue weighted by atomic mass is 79.9. The third-order valence-corrected chi connectivity index (χ3v) is 3.76. The van der Waals surface area contributed by atoms with Crippen molar-refractivity contribution in [2.45, 2.75) is 6.92 Å². The van der Waals surface area contributed by atoms with E-state index in [4.69, 9.17) is 11.6 Å². The largest absolute Gasteiger partial charge is 0.373 e. The Kier molecular flexibility index (Phi) is 5.20. The summed E-state index contributed by atoms with van der Waals surface area (Å²) in [6, 6.07) is 9.85. The van der Waals surface area contributed by atoms with Crippen LogP contribution in [0.4, 0.5) is 15.8 Å². The van der Waals surface area contributed by atoms with Crippen LogP contribution < -0.4 is 10.6 Å². The van der Waals surface area contributed by atoms with Crippen LogP contribution in [-0.2, 0) is 4.79 Å². The minimum Gasteiger partial charge on any atom is -0.373 e. The second-order valence-electron chi connectivity index (χ2n) is 4.46. The van der Waals surface area contributed by atoms with Crippen LogP contribution in [0.25, 0.3) is 0 Å². The molecule has 2 aromatic carbocycles. The Hall–Kier alpha value is -1.59. The maximum absolute atomic E-state index is 13.6. The molecule has 2 N–H and O–H groups in total. The molecular weight excluding hydrogens is 359 g/mol. The van der Waals surface area contributed by atoms with E-state index >= 15 is 0 Å². The van der Waals surface area contributed by atoms with Crippen molar-refractivity contribution >= 4 is 44.8 Å². The van der Waals surface area contributed by atoms with E-state index in [0.29, 0.717) is 15.2 Å². The molecule has 0 spiro atoms. The van der Waals surface area contributed by atoms with E-state index in [0.717, 1.165) is 5.56 Å². The summed E-state index contributed by atoms with van der Waals surface area (Å²) in [6.45, 7) is 1.82. The molecule has 0 unspecified atom stereocenters. The lowest BCUT2D eigenvalue weighted by Gasteiger charge is -2.11. The van der Waals surface area contributed by atoms with Crippen molar-refractivity contribution in [2.24, 2.45) is 0 Å². The van der Waals surface area contributed by atoms with Gasteiger partial charge in [-0.3, -0.25) is 4.79 Å². The van der Waals surface area contributed by atoms with Crippen molar-refractivity contribution in [1.29, 1.82) is 0 Å². The van der Waals surface area contributed by atoms with E-state index in [1.165, 1.54) is 6.07 Å². The average molecular weight is 372 g/mol. The molecule has 110 valence electrons. The molecule has 0 atom stereocenters. The molecule has 0 bridgehead atoms. The predicted molar refractivity (Wildman–Crippen MR) is 87.4 cm³/mol. The van der Waals surface area contributed by atoms with Gasteiger partial charge in [-0.15, -0.1) is 0 Å². The number of hydrogen-bond acceptors (Lipinski definition) is 2. The number of benzene rings is 2. The molecule has 0 aliphatic heterocycles. The van der Waals surface area contributed by atoms with E-state index in [9.17, 15) is 9.18 Å². The van der Waals surface area contributed by atoms with Gasteiger partial charge in [0.25, 0.3) is 0 Å². The molecule has 0 aliphatic rings. The molecule has 3 nitrogen and oxygen atoms in total. The summed E-state index contributed by atoms with van der Waals surface area (Å²) in [5, 5.41) is 6.05. The molecule has 1 amide bonds. The van der Waals surface area contributed by atoms with E-state index in [-0.39, 0.29) is 18.1 Å². The number of carbonyl (C=O) groups excluding carboxylic acids is 1. The van der Waals surface area contributed by atoms with Crippen molar-refractivity contribution in [3.05, 3.63) is 57.3 Å². The van der Waals surface area contributed by atoms with Crippen LogP contribution in [0, 0.1) is 12.7 Å². The lowest BCUT2D eigenvalue weighted by molar-refractivity contribution is -0.114. The Morgan fingerprint density at radius 2 is 2.10 bits per heavy atom. The van der Waals surface area contributed by atoms with Gasteiger partial charge in [0, 0.05) is 15.2 Å². The number of hydrogen-bond donors (Lipinski definition) is 2. The first-order valence-electron chi connectivity index (χ1n) is 6.21. The van der Waals surface area contributed by atoms with E-state index in [1.54, 1.807) is 24.3 Å². The van der Waals surface area contributed by atoms with Crippen molar-refractivity contribution < 1.29 is 9.18 Å². The van der Waals surface area contributed by atoms with Gasteiger partial charge in [0.05, 0.1) is 12.2 Å². The fourth-order valence-electron chi connectivity index (χ4n) is 1.76. The number of nitrogens with one attached hydrogen (secondary N) is 2. The van der Waals surface area contributed by atoms with Gasteiger partial charge >= 0.3 is 0 Å². The lowest BCUT2D eigenvalue weighted by Crippen LogP contribution is -2.22. The summed E-state index contributed by atoms with van der Waals surface area (Å²) in [6.07, 6.45) is 0. The molecule has 0 heterocycles. The van der Waals surface area contributed by atoms with Crippen LogP contribution in [0.5, 0.6) is 0 Å². The first-order chi connectivity index (χ1) is 9.97. The monoisotopic (exact) mass is 370 g/mol. The Morgan fingerprint density at radius 1 is 1.33 bits per heavy atom. The molecule has 2 rings (SSSR count). The maximum atomic E-state index is 13.6. The van der Waals surface area contributed by atoms with Crippen molar-refractivity contribution in [3.63, 3.8) is 0 Å². The quantitative estimate of drug-likeness (QED) is 0.824. The third kappa shape index (κ3) is 4.19. The lowest BCUT2D eigenvalue weighted by atomic mass is 10.2. The Balaban J connectivity index is 2.01. The predicted octanol–water partition coefficient (Wildman–Crippen LogP) is 4.60. The van der Waals surface area contributed by atoms with Gasteiger partial charge in [0.1, 0.15) is 5.82 Å². The van der Waals surface area contributed by atoms with Crippen molar-refractivity contribution in [1.82, 2.24) is 0 Å². The minimum atomic E-state index is -0.420. The summed E-state index contributed by atoms with van der Waals surface area (Å²) in [7, 11) is 0. The average Bonchev–Trinajstić information content (AvgIpc) is 2.42. The zero-order chi connectivity index (χ0) is 15.4. The zero-order valence-electron chi connectivity index (χ0n) is 11.2. The minimum absolute atomic E-state index is 0.0501. The molecule has 0 fully saturated rings. The van der Waals surface area contributed by atoms with Gasteiger partial charge in [0.15, 0.2) is 0 Å². The van der Waals surface area contributed by atoms with Gasteiger partial charge in [0.2, 0.25) is 5.91 Å². The van der Waals surface area contributed by atoms with E-state index < -0.39 is 5.82 Å². The van der Waals surface area contributed by atoms with Gasteiger partial charge in [-0.2, -0.15) is 0 Å². The Labute approximate surface area is 135 Å². The zero-order valence-corrected chi connectivity index (χ0v) is 13.6. The summed E-state index contributed by atoms with van der Waals surface area (Å²) in [5.74, 6) is -0.702. The van der Waals surface area contributed by atoms with Crippen LogP contribution in [0.2, 0.25) is 5.02 Å². The highest BCUT2D eigenvalue weighted by Gasteiger charge is 2.09. The SMILES string of the molecule is Cc1ccc(Cl)cc1NC(=O)CNc1c(F)cccc1Br. The van der Waals surface area contributed by atoms with Gasteiger partial charge in [-0.05, 0) is 52.7 Å². The fourth-order valence-corrected chi connectivity index (χ4v) is 2.41. The number of halogens is 3. The number of rotatable bonds is 4. The summed E-state index contributed by atoms with van der Waals surface area (Å²) >= 11 is 9.13. The summed E-state index contributed by atoms with van der Waals surface area (Å²) in [4.78, 5) is 11.9. The molecule has 0 saturated heterocycles. The van der Waals surface area contributed by atoms with E-state index in [1.807, 2.05) is 13.0 Å². The topological polar surface area (TPSA) is 41.1 Å². The van der Waals surface area contributed by atoms with Crippen LogP contribution in [0.3, 0.4) is 0 Å². The molecule has 21 heavy (non-hydrogen) atoms. The van der Waals surface area contributed by atoms with Crippen molar-refractivity contribution in [2.75, 3.05) is 17.2 Å². The molecule has 0 saturated carbocycles. The molecule has 0 aromatic heterocycles. The number of aryl methyl sites for hydroxylation is 1. The third-order valence-electron chi connectivity index (χ3n) is 2.86. The number of para-hydroxylation sites is 1. The molecular formula is C15H13BrClFN2O. The smallest absolute Gasteiger partial charge is 0.243 e. The van der Waals surface area contributed by atoms with Gasteiger partial charge in [-0.1, -0.05) is 23.7 Å². The van der Waals surface area contributed by atoms with Crippen LogP contribution in [0.15, 0.2) is 40.9 Å². The van der Waals surface area contributed by atoms with Gasteiger partial charge in [-0.25, -0.2) is 4.39 Å². The van der Waals surface area contributed by atoms with Crippen molar-refractivity contribution in [3.8, 4) is 0 Å². The number of carbonyl (C=O) groups is 1. The summed E-state index contributed by atoms with van der Waals surface area (Å²) < 4.78 is 14.2. The Morgan fingerprint density at radius 3 is 2.81 bits per heavy atom. The Bertz CT molecular complexity index is 658. The highest BCUT2D eigenvalue weighted by molar-refractivity contribution is 9.10. The first-order valence-corrected chi connectivity index (χ1v) is 7.38. The first kappa shape index (κ1) is 15.8. The van der Waals surface area contributed by atoms with E-state index in [2.05, 4.69) is 26.6 Å². The molecule has 0 aliphatic carbocycles. The normalized spacial score (nSPS) is 10.3. The maximum Gasteiger partial charge on any atom is 0.243 e. The molecule has 2 aromatic rings.